The third-order valence-corrected chi connectivity index (χ3v) is 5.22. The molecule has 0 fully saturated rings. The van der Waals surface area contributed by atoms with Crippen molar-refractivity contribution in [2.45, 2.75) is 40.2 Å². The number of methoxy groups -OCH3 is 1. The lowest BCUT2D eigenvalue weighted by Gasteiger charge is -2.17. The summed E-state index contributed by atoms with van der Waals surface area (Å²) >= 11 is 0. The molecule has 3 rings (SSSR count). The number of carbonyl (C=O) groups excluding carboxylic acids is 2. The van der Waals surface area contributed by atoms with Crippen molar-refractivity contribution < 1.29 is 14.3 Å². The topological polar surface area (TPSA) is 73.2 Å². The monoisotopic (exact) mass is 405 g/mol. The van der Waals surface area contributed by atoms with Gasteiger partial charge in [-0.05, 0) is 62.6 Å². The van der Waals surface area contributed by atoms with E-state index in [9.17, 15) is 9.59 Å². The van der Waals surface area contributed by atoms with Gasteiger partial charge in [0.25, 0.3) is 5.91 Å². The van der Waals surface area contributed by atoms with Gasteiger partial charge in [0.15, 0.2) is 0 Å². The van der Waals surface area contributed by atoms with Crippen molar-refractivity contribution in [1.29, 1.82) is 0 Å². The molecular formula is C24H27N3O3. The van der Waals surface area contributed by atoms with Gasteiger partial charge in [-0.25, -0.2) is 9.78 Å². The van der Waals surface area contributed by atoms with Gasteiger partial charge in [-0.15, -0.1) is 0 Å². The molecule has 1 N–H and O–H groups in total. The van der Waals surface area contributed by atoms with E-state index in [1.54, 1.807) is 12.1 Å². The summed E-state index contributed by atoms with van der Waals surface area (Å²) < 4.78 is 6.61. The van der Waals surface area contributed by atoms with E-state index in [0.29, 0.717) is 17.0 Å². The van der Waals surface area contributed by atoms with Crippen LogP contribution in [0.4, 0.5) is 0 Å². The van der Waals surface area contributed by atoms with Crippen LogP contribution in [0.2, 0.25) is 0 Å². The number of esters is 1. The fourth-order valence-electron chi connectivity index (χ4n) is 3.51. The number of hydrogen-bond acceptors (Lipinski definition) is 4. The van der Waals surface area contributed by atoms with E-state index >= 15 is 0 Å². The maximum atomic E-state index is 13.2. The summed E-state index contributed by atoms with van der Waals surface area (Å²) in [4.78, 5) is 29.3. The molecule has 0 bridgehead atoms. The Bertz CT molecular complexity index is 1050. The fraction of sp³-hybridized carbons (Fsp3) is 0.292. The molecule has 0 saturated carbocycles. The number of nitrogens with zero attached hydrogens (tertiary/aromatic N) is 2. The molecule has 0 aliphatic rings. The van der Waals surface area contributed by atoms with Crippen LogP contribution in [0, 0.1) is 13.8 Å². The predicted octanol–water partition coefficient (Wildman–Crippen LogP) is 4.33. The molecule has 0 aliphatic carbocycles. The lowest BCUT2D eigenvalue weighted by atomic mass is 10.1. The highest BCUT2D eigenvalue weighted by Crippen LogP contribution is 2.21. The minimum Gasteiger partial charge on any atom is -0.465 e. The van der Waals surface area contributed by atoms with E-state index in [1.165, 1.54) is 12.7 Å². The Hall–Kier alpha value is -3.41. The molecule has 1 atom stereocenters. The van der Waals surface area contributed by atoms with Gasteiger partial charge in [0.2, 0.25) is 0 Å². The van der Waals surface area contributed by atoms with Crippen molar-refractivity contribution in [3.63, 3.8) is 0 Å². The number of nitrogens with one attached hydrogen (secondary N) is 1. The Balaban J connectivity index is 1.85. The molecule has 30 heavy (non-hydrogen) atoms. The van der Waals surface area contributed by atoms with E-state index in [0.717, 1.165) is 23.5 Å². The molecule has 6 heteroatoms. The van der Waals surface area contributed by atoms with Crippen molar-refractivity contribution in [2.24, 2.45) is 0 Å². The van der Waals surface area contributed by atoms with Crippen LogP contribution >= 0.6 is 0 Å². The summed E-state index contributed by atoms with van der Waals surface area (Å²) in [6.07, 6.45) is 0.960. The first-order valence-electron chi connectivity index (χ1n) is 10.00. The summed E-state index contributed by atoms with van der Waals surface area (Å²) in [5.74, 6) is 0.177. The molecule has 2 aromatic carbocycles. The van der Waals surface area contributed by atoms with Gasteiger partial charge in [-0.1, -0.05) is 31.2 Å². The van der Waals surface area contributed by atoms with Gasteiger partial charge in [-0.2, -0.15) is 0 Å². The van der Waals surface area contributed by atoms with Gasteiger partial charge in [-0.3, -0.25) is 9.36 Å². The summed E-state index contributed by atoms with van der Waals surface area (Å²) in [6.45, 7) is 7.75. The molecule has 0 spiro atoms. The quantitative estimate of drug-likeness (QED) is 0.620. The average Bonchev–Trinajstić information content (AvgIpc) is 3.06. The first kappa shape index (κ1) is 21.3. The molecular weight excluding hydrogens is 378 g/mol. The van der Waals surface area contributed by atoms with Crippen molar-refractivity contribution in [2.75, 3.05) is 7.11 Å². The smallest absolute Gasteiger partial charge is 0.337 e. The molecule has 1 unspecified atom stereocenters. The molecule has 0 radical (unpaired) electrons. The Kier molecular flexibility index (Phi) is 6.35. The SMILES string of the molecule is CCc1ccc(-n2c(C)nc(C)c2C(=O)NC(C)c2ccc(C(=O)OC)cc2)cc1. The second-order valence-electron chi connectivity index (χ2n) is 7.26. The zero-order chi connectivity index (χ0) is 21.8. The Labute approximate surface area is 176 Å². The minimum atomic E-state index is -0.387. The van der Waals surface area contributed by atoms with E-state index in [-0.39, 0.29) is 17.9 Å². The van der Waals surface area contributed by atoms with E-state index in [2.05, 4.69) is 29.4 Å². The number of rotatable bonds is 6. The highest BCUT2D eigenvalue weighted by Gasteiger charge is 2.22. The minimum absolute atomic E-state index is 0.197. The normalized spacial score (nSPS) is 11.8. The number of ether oxygens (including phenoxy) is 1. The molecule has 156 valence electrons. The number of aryl methyl sites for hydroxylation is 3. The molecule has 0 aliphatic heterocycles. The van der Waals surface area contributed by atoms with Crippen LogP contribution in [-0.4, -0.2) is 28.5 Å². The summed E-state index contributed by atoms with van der Waals surface area (Å²) in [7, 11) is 1.35. The molecule has 1 amide bonds. The number of aromatic nitrogens is 2. The molecule has 0 saturated heterocycles. The zero-order valence-corrected chi connectivity index (χ0v) is 18.0. The second kappa shape index (κ2) is 8.95. The number of benzene rings is 2. The van der Waals surface area contributed by atoms with Crippen LogP contribution in [0.5, 0.6) is 0 Å². The molecule has 3 aromatic rings. The average molecular weight is 405 g/mol. The maximum Gasteiger partial charge on any atom is 0.337 e. The van der Waals surface area contributed by atoms with Crippen molar-refractivity contribution in [3.05, 3.63) is 82.4 Å². The van der Waals surface area contributed by atoms with Crippen molar-refractivity contribution >= 4 is 11.9 Å². The van der Waals surface area contributed by atoms with Crippen LogP contribution in [0.15, 0.2) is 48.5 Å². The van der Waals surface area contributed by atoms with Gasteiger partial charge in [0.05, 0.1) is 24.4 Å². The maximum absolute atomic E-state index is 13.2. The highest BCUT2D eigenvalue weighted by atomic mass is 16.5. The fourth-order valence-corrected chi connectivity index (χ4v) is 3.51. The molecule has 1 aromatic heterocycles. The zero-order valence-electron chi connectivity index (χ0n) is 18.0. The largest absolute Gasteiger partial charge is 0.465 e. The van der Waals surface area contributed by atoms with Crippen LogP contribution < -0.4 is 5.32 Å². The number of carbonyl (C=O) groups is 2. The highest BCUT2D eigenvalue weighted by molar-refractivity contribution is 5.95. The first-order valence-corrected chi connectivity index (χ1v) is 10.00. The van der Waals surface area contributed by atoms with E-state index < -0.39 is 0 Å². The third-order valence-electron chi connectivity index (χ3n) is 5.22. The van der Waals surface area contributed by atoms with E-state index in [4.69, 9.17) is 4.74 Å². The molecule has 1 heterocycles. The van der Waals surface area contributed by atoms with Crippen LogP contribution in [0.1, 0.15) is 63.4 Å². The predicted molar refractivity (Wildman–Crippen MR) is 116 cm³/mol. The lowest BCUT2D eigenvalue weighted by Crippen LogP contribution is -2.29. The summed E-state index contributed by atoms with van der Waals surface area (Å²) in [5.41, 5.74) is 4.71. The Morgan fingerprint density at radius 2 is 1.70 bits per heavy atom. The standard InChI is InChI=1S/C24H27N3O3/c1-6-18-7-13-21(14-8-18)27-17(4)25-16(3)22(27)23(28)26-15(2)19-9-11-20(12-10-19)24(29)30-5/h7-15H,6H2,1-5H3,(H,26,28). The third kappa shape index (κ3) is 4.27. The van der Waals surface area contributed by atoms with Gasteiger partial charge < -0.3 is 10.1 Å². The van der Waals surface area contributed by atoms with Gasteiger partial charge >= 0.3 is 5.97 Å². The second-order valence-corrected chi connectivity index (χ2v) is 7.26. The summed E-state index contributed by atoms with van der Waals surface area (Å²) in [6, 6.07) is 14.9. The Morgan fingerprint density at radius 3 is 2.27 bits per heavy atom. The summed E-state index contributed by atoms with van der Waals surface area (Å²) in [5, 5.41) is 3.05. The van der Waals surface area contributed by atoms with Crippen molar-refractivity contribution in [1.82, 2.24) is 14.9 Å². The molecule has 6 nitrogen and oxygen atoms in total. The van der Waals surface area contributed by atoms with Gasteiger partial charge in [0.1, 0.15) is 11.5 Å². The Morgan fingerprint density at radius 1 is 1.07 bits per heavy atom. The number of amides is 1. The van der Waals surface area contributed by atoms with E-state index in [1.807, 2.05) is 49.6 Å². The van der Waals surface area contributed by atoms with Crippen LogP contribution in [0.25, 0.3) is 5.69 Å². The lowest BCUT2D eigenvalue weighted by molar-refractivity contribution is 0.0600. The van der Waals surface area contributed by atoms with Crippen LogP contribution in [0.3, 0.4) is 0 Å². The van der Waals surface area contributed by atoms with Crippen molar-refractivity contribution in [3.8, 4) is 5.69 Å². The first-order chi connectivity index (χ1) is 14.3. The number of imidazole rings is 1. The van der Waals surface area contributed by atoms with Gasteiger partial charge in [0, 0.05) is 5.69 Å². The number of hydrogen-bond donors (Lipinski definition) is 1. The van der Waals surface area contributed by atoms with Crippen LogP contribution in [-0.2, 0) is 11.2 Å².